The SMILES string of the molecule is O=C(O)C1(Cc2ccc(Cl)cc2F)CC2CCC1C2. The lowest BCUT2D eigenvalue weighted by Crippen LogP contribution is -2.38. The number of carboxylic acid groups (broad SMARTS) is 1. The van der Waals surface area contributed by atoms with Gasteiger partial charge in [0.15, 0.2) is 0 Å². The van der Waals surface area contributed by atoms with Gasteiger partial charge in [0.05, 0.1) is 5.41 Å². The van der Waals surface area contributed by atoms with Gasteiger partial charge in [0.1, 0.15) is 5.82 Å². The van der Waals surface area contributed by atoms with Gasteiger partial charge in [-0.05, 0) is 55.2 Å². The van der Waals surface area contributed by atoms with Crippen molar-refractivity contribution < 1.29 is 14.3 Å². The van der Waals surface area contributed by atoms with Gasteiger partial charge in [-0.25, -0.2) is 4.39 Å². The highest BCUT2D eigenvalue weighted by molar-refractivity contribution is 6.30. The van der Waals surface area contributed by atoms with Gasteiger partial charge in [0.2, 0.25) is 0 Å². The molecular formula is C15H16ClFO2. The average molecular weight is 283 g/mol. The minimum Gasteiger partial charge on any atom is -0.481 e. The first-order valence-corrected chi connectivity index (χ1v) is 7.06. The Balaban J connectivity index is 1.93. The monoisotopic (exact) mass is 282 g/mol. The van der Waals surface area contributed by atoms with Crippen LogP contribution in [0.3, 0.4) is 0 Å². The molecule has 2 aliphatic rings. The number of fused-ring (bicyclic) bond motifs is 2. The molecule has 0 aliphatic heterocycles. The van der Waals surface area contributed by atoms with Crippen LogP contribution in [0.2, 0.25) is 5.02 Å². The van der Waals surface area contributed by atoms with Crippen LogP contribution in [0.5, 0.6) is 0 Å². The van der Waals surface area contributed by atoms with Crippen molar-refractivity contribution in [3.05, 3.63) is 34.6 Å². The minimum absolute atomic E-state index is 0.199. The summed E-state index contributed by atoms with van der Waals surface area (Å²) in [6.45, 7) is 0. The number of rotatable bonds is 3. The van der Waals surface area contributed by atoms with Crippen molar-refractivity contribution in [3.8, 4) is 0 Å². The fraction of sp³-hybridized carbons (Fsp3) is 0.533. The summed E-state index contributed by atoms with van der Waals surface area (Å²) in [7, 11) is 0. The van der Waals surface area contributed by atoms with Crippen molar-refractivity contribution in [2.24, 2.45) is 17.3 Å². The first-order chi connectivity index (χ1) is 9.01. The number of carbonyl (C=O) groups is 1. The molecule has 0 aromatic heterocycles. The molecule has 0 radical (unpaired) electrons. The fourth-order valence-electron chi connectivity index (χ4n) is 4.00. The molecule has 1 N–H and O–H groups in total. The molecule has 0 heterocycles. The van der Waals surface area contributed by atoms with E-state index in [4.69, 9.17) is 11.6 Å². The summed E-state index contributed by atoms with van der Waals surface area (Å²) >= 11 is 5.74. The summed E-state index contributed by atoms with van der Waals surface area (Å²) in [5.41, 5.74) is -0.295. The van der Waals surface area contributed by atoms with Crippen molar-refractivity contribution >= 4 is 17.6 Å². The Bertz CT molecular complexity index is 531. The Morgan fingerprint density at radius 1 is 1.47 bits per heavy atom. The summed E-state index contributed by atoms with van der Waals surface area (Å²) in [6, 6.07) is 4.51. The third-order valence-electron chi connectivity index (χ3n) is 4.92. The molecule has 0 saturated heterocycles. The topological polar surface area (TPSA) is 37.3 Å². The molecule has 2 aliphatic carbocycles. The van der Waals surface area contributed by atoms with Gasteiger partial charge in [-0.2, -0.15) is 0 Å². The van der Waals surface area contributed by atoms with Crippen molar-refractivity contribution in [2.45, 2.75) is 32.1 Å². The summed E-state index contributed by atoms with van der Waals surface area (Å²) in [5.74, 6) is -0.452. The molecule has 3 rings (SSSR count). The first-order valence-electron chi connectivity index (χ1n) is 6.68. The highest BCUT2D eigenvalue weighted by Crippen LogP contribution is 2.57. The molecule has 3 unspecified atom stereocenters. The number of aliphatic carboxylic acids is 1. The maximum atomic E-state index is 13.9. The summed E-state index contributed by atoms with van der Waals surface area (Å²) in [6.07, 6.45) is 4.05. The highest BCUT2D eigenvalue weighted by atomic mass is 35.5. The molecule has 0 spiro atoms. The van der Waals surface area contributed by atoms with Crippen LogP contribution in [-0.2, 0) is 11.2 Å². The molecule has 1 aromatic carbocycles. The zero-order valence-corrected chi connectivity index (χ0v) is 11.3. The molecular weight excluding hydrogens is 267 g/mol. The van der Waals surface area contributed by atoms with E-state index in [1.165, 1.54) is 6.07 Å². The van der Waals surface area contributed by atoms with E-state index in [2.05, 4.69) is 0 Å². The third-order valence-corrected chi connectivity index (χ3v) is 5.16. The first kappa shape index (κ1) is 12.9. The average Bonchev–Trinajstić information content (AvgIpc) is 2.93. The molecule has 2 bridgehead atoms. The van der Waals surface area contributed by atoms with E-state index in [0.717, 1.165) is 19.3 Å². The second-order valence-corrected chi connectivity index (χ2v) is 6.39. The summed E-state index contributed by atoms with van der Waals surface area (Å²) < 4.78 is 13.9. The standard InChI is InChI=1S/C15H16ClFO2/c16-12-4-2-10(13(17)6-12)8-15(14(18)19)7-9-1-3-11(15)5-9/h2,4,6,9,11H,1,3,5,7-8H2,(H,18,19). The zero-order valence-electron chi connectivity index (χ0n) is 10.5. The van der Waals surface area contributed by atoms with Crippen LogP contribution in [0.4, 0.5) is 4.39 Å². The largest absolute Gasteiger partial charge is 0.481 e. The Morgan fingerprint density at radius 2 is 2.26 bits per heavy atom. The van der Waals surface area contributed by atoms with Crippen LogP contribution in [0.1, 0.15) is 31.2 Å². The Hall–Kier alpha value is -1.09. The predicted molar refractivity (Wildman–Crippen MR) is 70.6 cm³/mol. The molecule has 1 aromatic rings. The van der Waals surface area contributed by atoms with Gasteiger partial charge >= 0.3 is 5.97 Å². The van der Waals surface area contributed by atoms with Crippen molar-refractivity contribution in [1.82, 2.24) is 0 Å². The minimum atomic E-state index is -0.769. The molecule has 4 heteroatoms. The maximum Gasteiger partial charge on any atom is 0.310 e. The molecule has 2 nitrogen and oxygen atoms in total. The molecule has 2 fully saturated rings. The summed E-state index contributed by atoms with van der Waals surface area (Å²) in [4.78, 5) is 11.7. The molecule has 3 atom stereocenters. The van der Waals surface area contributed by atoms with Crippen molar-refractivity contribution in [1.29, 1.82) is 0 Å². The van der Waals surface area contributed by atoms with Gasteiger partial charge in [-0.15, -0.1) is 0 Å². The van der Waals surface area contributed by atoms with Crippen LogP contribution < -0.4 is 0 Å². The second-order valence-electron chi connectivity index (χ2n) is 5.95. The van der Waals surface area contributed by atoms with E-state index >= 15 is 0 Å². The Morgan fingerprint density at radius 3 is 2.79 bits per heavy atom. The smallest absolute Gasteiger partial charge is 0.310 e. The maximum absolute atomic E-state index is 13.9. The molecule has 2 saturated carbocycles. The van der Waals surface area contributed by atoms with Crippen LogP contribution in [-0.4, -0.2) is 11.1 Å². The van der Waals surface area contributed by atoms with Crippen molar-refractivity contribution in [3.63, 3.8) is 0 Å². The second kappa shape index (κ2) is 4.48. The number of carboxylic acids is 1. The predicted octanol–water partition coefficient (Wildman–Crippen LogP) is 3.91. The van der Waals surface area contributed by atoms with Crippen LogP contribution in [0, 0.1) is 23.1 Å². The Kier molecular flexibility index (Phi) is 3.05. The third kappa shape index (κ3) is 2.04. The number of halogens is 2. The highest BCUT2D eigenvalue weighted by Gasteiger charge is 2.55. The summed E-state index contributed by atoms with van der Waals surface area (Å²) in [5, 5.41) is 9.99. The van der Waals surface area contributed by atoms with Gasteiger partial charge in [-0.3, -0.25) is 4.79 Å². The number of benzene rings is 1. The fourth-order valence-corrected chi connectivity index (χ4v) is 4.16. The Labute approximate surface area is 116 Å². The van der Waals surface area contributed by atoms with Crippen molar-refractivity contribution in [2.75, 3.05) is 0 Å². The van der Waals surface area contributed by atoms with Gasteiger partial charge in [-0.1, -0.05) is 24.1 Å². The normalized spacial score (nSPS) is 32.7. The van der Waals surface area contributed by atoms with E-state index in [-0.39, 0.29) is 12.3 Å². The van der Waals surface area contributed by atoms with Gasteiger partial charge < -0.3 is 5.11 Å². The number of hydrogen-bond acceptors (Lipinski definition) is 1. The lowest BCUT2D eigenvalue weighted by atomic mass is 9.69. The quantitative estimate of drug-likeness (QED) is 0.912. The van der Waals surface area contributed by atoms with Gasteiger partial charge in [0, 0.05) is 5.02 Å². The molecule has 102 valence electrons. The zero-order chi connectivity index (χ0) is 13.6. The van der Waals surface area contributed by atoms with Gasteiger partial charge in [0.25, 0.3) is 0 Å². The molecule has 19 heavy (non-hydrogen) atoms. The molecule has 0 amide bonds. The van der Waals surface area contributed by atoms with Crippen LogP contribution in [0.15, 0.2) is 18.2 Å². The van der Waals surface area contributed by atoms with Crippen LogP contribution >= 0.6 is 11.6 Å². The van der Waals surface area contributed by atoms with E-state index in [1.54, 1.807) is 12.1 Å². The van der Waals surface area contributed by atoms with E-state index < -0.39 is 17.2 Å². The lowest BCUT2D eigenvalue weighted by molar-refractivity contribution is -0.152. The van der Waals surface area contributed by atoms with E-state index in [0.29, 0.717) is 22.9 Å². The number of hydrogen-bond donors (Lipinski definition) is 1. The lowest BCUT2D eigenvalue weighted by Gasteiger charge is -2.33. The van der Waals surface area contributed by atoms with E-state index in [1.807, 2.05) is 0 Å². The van der Waals surface area contributed by atoms with E-state index in [9.17, 15) is 14.3 Å². The van der Waals surface area contributed by atoms with Crippen LogP contribution in [0.25, 0.3) is 0 Å².